The third kappa shape index (κ3) is 2.31. The summed E-state index contributed by atoms with van der Waals surface area (Å²) >= 11 is 0. The second-order valence-electron chi connectivity index (χ2n) is 3.77. The number of rotatable bonds is 1. The van der Waals surface area contributed by atoms with E-state index in [2.05, 4.69) is 20.8 Å². The first-order chi connectivity index (χ1) is 4.15. The van der Waals surface area contributed by atoms with Crippen molar-refractivity contribution < 1.29 is 32.7 Å². The van der Waals surface area contributed by atoms with Crippen molar-refractivity contribution in [3.63, 3.8) is 0 Å². The topological polar surface area (TPSA) is 0 Å². The van der Waals surface area contributed by atoms with Crippen LogP contribution < -0.4 is 0 Å². The van der Waals surface area contributed by atoms with Gasteiger partial charge in [0.05, 0.1) is 0 Å². The molecule has 0 radical (unpaired) electrons. The molecule has 1 saturated carbocycles. The zero-order chi connectivity index (χ0) is 6.91. The first-order valence-corrected chi connectivity index (χ1v) is 3.96. The van der Waals surface area contributed by atoms with E-state index in [1.54, 1.807) is 5.92 Å². The van der Waals surface area contributed by atoms with Gasteiger partial charge in [0.1, 0.15) is 0 Å². The van der Waals surface area contributed by atoms with Gasteiger partial charge in [-0.05, 0) is 0 Å². The molecule has 1 aliphatic rings. The molecule has 0 aliphatic heterocycles. The SMILES string of the molecule is C[C-](C)C1(C)CCCC1.[Y+3]. The normalized spacial score (nSPS) is 22.8. The van der Waals surface area contributed by atoms with Crippen LogP contribution in [0.1, 0.15) is 46.5 Å². The van der Waals surface area contributed by atoms with Crippen molar-refractivity contribution in [1.82, 2.24) is 0 Å². The standard InChI is InChI=1S/C9H17.Y/c1-8(2)9(3)6-4-5-7-9;/h4-7H2,1-3H3;/q-1;+3. The van der Waals surface area contributed by atoms with Gasteiger partial charge in [0.15, 0.2) is 0 Å². The van der Waals surface area contributed by atoms with Gasteiger partial charge in [0.25, 0.3) is 0 Å². The molecule has 0 saturated heterocycles. The molecular formula is C9H17Y+2. The van der Waals surface area contributed by atoms with Crippen molar-refractivity contribution in [3.05, 3.63) is 5.92 Å². The minimum atomic E-state index is 0. The molecule has 0 atom stereocenters. The van der Waals surface area contributed by atoms with E-state index in [1.165, 1.54) is 25.7 Å². The largest absolute Gasteiger partial charge is 3.00 e. The maximum Gasteiger partial charge on any atom is 3.00 e. The first kappa shape index (κ1) is 11.1. The second-order valence-corrected chi connectivity index (χ2v) is 3.77. The monoisotopic (exact) mass is 214 g/mol. The first-order valence-electron chi connectivity index (χ1n) is 3.96. The molecule has 0 nitrogen and oxygen atoms in total. The molecule has 1 rings (SSSR count). The molecule has 0 N–H and O–H groups in total. The summed E-state index contributed by atoms with van der Waals surface area (Å²) in [6.45, 7) is 6.94. The fourth-order valence-corrected chi connectivity index (χ4v) is 1.66. The van der Waals surface area contributed by atoms with Gasteiger partial charge in [-0.25, -0.2) is 0 Å². The molecule has 0 aromatic carbocycles. The maximum atomic E-state index is 2.40. The summed E-state index contributed by atoms with van der Waals surface area (Å²) in [5.41, 5.74) is 0.611. The zero-order valence-corrected chi connectivity index (χ0v) is 10.2. The summed E-state index contributed by atoms with van der Waals surface area (Å²) in [7, 11) is 0. The van der Waals surface area contributed by atoms with E-state index in [4.69, 9.17) is 0 Å². The molecule has 54 valence electrons. The molecule has 0 spiro atoms. The molecule has 0 amide bonds. The molecule has 0 aromatic heterocycles. The van der Waals surface area contributed by atoms with Crippen molar-refractivity contribution in [2.24, 2.45) is 5.41 Å². The molecule has 1 fully saturated rings. The van der Waals surface area contributed by atoms with Crippen molar-refractivity contribution >= 4 is 0 Å². The van der Waals surface area contributed by atoms with Crippen LogP contribution in [0.25, 0.3) is 0 Å². The predicted octanol–water partition coefficient (Wildman–Crippen LogP) is 3.18. The summed E-state index contributed by atoms with van der Waals surface area (Å²) in [6.07, 6.45) is 5.74. The van der Waals surface area contributed by atoms with E-state index in [0.717, 1.165) is 0 Å². The Morgan fingerprint density at radius 2 is 1.50 bits per heavy atom. The molecule has 1 aliphatic carbocycles. The van der Waals surface area contributed by atoms with Crippen LogP contribution in [0.5, 0.6) is 0 Å². The van der Waals surface area contributed by atoms with Gasteiger partial charge in [-0.3, -0.25) is 0 Å². The van der Waals surface area contributed by atoms with E-state index in [9.17, 15) is 0 Å². The van der Waals surface area contributed by atoms with Crippen LogP contribution in [0.3, 0.4) is 0 Å². The van der Waals surface area contributed by atoms with Crippen LogP contribution in [-0.4, -0.2) is 0 Å². The average Bonchev–Trinajstić information content (AvgIpc) is 2.16. The Bertz CT molecular complexity index is 90.9. The predicted molar refractivity (Wildman–Crippen MR) is 41.2 cm³/mol. The van der Waals surface area contributed by atoms with Crippen molar-refractivity contribution in [3.8, 4) is 0 Å². The Balaban J connectivity index is 0.000000810. The van der Waals surface area contributed by atoms with Gasteiger partial charge in [-0.2, -0.15) is 19.3 Å². The fourth-order valence-electron chi connectivity index (χ4n) is 1.66. The van der Waals surface area contributed by atoms with Gasteiger partial charge in [-0.15, -0.1) is 0 Å². The summed E-state index contributed by atoms with van der Waals surface area (Å²) in [4.78, 5) is 0. The van der Waals surface area contributed by atoms with Crippen LogP contribution >= 0.6 is 0 Å². The Hall–Kier alpha value is 1.10. The fraction of sp³-hybridized carbons (Fsp3) is 0.889. The minimum absolute atomic E-state index is 0. The molecule has 10 heavy (non-hydrogen) atoms. The Morgan fingerprint density at radius 1 is 1.10 bits per heavy atom. The van der Waals surface area contributed by atoms with E-state index in [1.807, 2.05) is 0 Å². The zero-order valence-electron chi connectivity index (χ0n) is 7.41. The van der Waals surface area contributed by atoms with Crippen LogP contribution in [0.4, 0.5) is 0 Å². The van der Waals surface area contributed by atoms with Gasteiger partial charge in [0, 0.05) is 0 Å². The second kappa shape index (κ2) is 4.21. The smallest absolute Gasteiger partial charge is 0.314 e. The van der Waals surface area contributed by atoms with E-state index in [0.29, 0.717) is 5.41 Å². The average molecular weight is 214 g/mol. The summed E-state index contributed by atoms with van der Waals surface area (Å²) in [5.74, 6) is 1.63. The number of hydrogen-bond donors (Lipinski definition) is 0. The molecule has 0 heterocycles. The van der Waals surface area contributed by atoms with Crippen LogP contribution in [0.15, 0.2) is 0 Å². The van der Waals surface area contributed by atoms with E-state index < -0.39 is 0 Å². The minimum Gasteiger partial charge on any atom is -0.314 e. The molecular weight excluding hydrogens is 197 g/mol. The van der Waals surface area contributed by atoms with Gasteiger partial charge < -0.3 is 5.92 Å². The Kier molecular flexibility index (Phi) is 4.67. The summed E-state index contributed by atoms with van der Waals surface area (Å²) < 4.78 is 0. The van der Waals surface area contributed by atoms with E-state index >= 15 is 0 Å². The van der Waals surface area contributed by atoms with E-state index in [-0.39, 0.29) is 32.7 Å². The Labute approximate surface area is 90.0 Å². The quantitative estimate of drug-likeness (QED) is 0.588. The van der Waals surface area contributed by atoms with Crippen molar-refractivity contribution in [2.75, 3.05) is 0 Å². The molecule has 0 bridgehead atoms. The summed E-state index contributed by atoms with van der Waals surface area (Å²) in [6, 6.07) is 0. The summed E-state index contributed by atoms with van der Waals surface area (Å²) in [5, 5.41) is 0. The van der Waals surface area contributed by atoms with Crippen molar-refractivity contribution in [2.45, 2.75) is 46.5 Å². The molecule has 0 unspecified atom stereocenters. The van der Waals surface area contributed by atoms with Gasteiger partial charge >= 0.3 is 32.7 Å². The molecule has 0 aromatic rings. The van der Waals surface area contributed by atoms with Crippen LogP contribution in [0.2, 0.25) is 0 Å². The van der Waals surface area contributed by atoms with Crippen LogP contribution in [-0.2, 0) is 32.7 Å². The Morgan fingerprint density at radius 3 is 1.70 bits per heavy atom. The number of hydrogen-bond acceptors (Lipinski definition) is 0. The molecule has 1 heteroatoms. The van der Waals surface area contributed by atoms with Gasteiger partial charge in [-0.1, -0.05) is 32.6 Å². The van der Waals surface area contributed by atoms with Gasteiger partial charge in [0.2, 0.25) is 0 Å². The van der Waals surface area contributed by atoms with Crippen LogP contribution in [0, 0.1) is 11.3 Å². The third-order valence-corrected chi connectivity index (χ3v) is 2.91. The van der Waals surface area contributed by atoms with Crippen molar-refractivity contribution in [1.29, 1.82) is 0 Å². The maximum absolute atomic E-state index is 2.40. The third-order valence-electron chi connectivity index (χ3n) is 2.91.